The van der Waals surface area contributed by atoms with Gasteiger partial charge < -0.3 is 32.5 Å². The average Bonchev–Trinajstić information content (AvgIpc) is 2.72. The third-order valence-electron chi connectivity index (χ3n) is 4.43. The largest absolute Gasteiger partial charge is 0.480 e. The maximum atomic E-state index is 12.7. The van der Waals surface area contributed by atoms with Crippen LogP contribution in [0.3, 0.4) is 0 Å². The highest BCUT2D eigenvalue weighted by molar-refractivity contribution is 5.93. The van der Waals surface area contributed by atoms with Crippen molar-refractivity contribution in [3.8, 4) is 0 Å². The predicted octanol–water partition coefficient (Wildman–Crippen LogP) is -1.12. The van der Waals surface area contributed by atoms with Gasteiger partial charge in [-0.3, -0.25) is 14.4 Å². The quantitative estimate of drug-likeness (QED) is 0.218. The summed E-state index contributed by atoms with van der Waals surface area (Å²) in [4.78, 5) is 48.1. The van der Waals surface area contributed by atoms with Crippen molar-refractivity contribution in [1.82, 2.24) is 16.0 Å². The van der Waals surface area contributed by atoms with Gasteiger partial charge in [0.25, 0.3) is 0 Å². The van der Waals surface area contributed by atoms with Gasteiger partial charge in [0, 0.05) is 6.42 Å². The van der Waals surface area contributed by atoms with Gasteiger partial charge >= 0.3 is 5.97 Å². The SMILES string of the molecule is CC(NC(=O)C(Cc1ccccc1)NC(=O)CN)C(=O)NC(CCCCN)C(=O)O. The molecule has 166 valence electrons. The van der Waals surface area contributed by atoms with Gasteiger partial charge in [-0.1, -0.05) is 30.3 Å². The van der Waals surface area contributed by atoms with Crippen LogP contribution in [0.4, 0.5) is 0 Å². The third kappa shape index (κ3) is 9.01. The zero-order chi connectivity index (χ0) is 22.5. The summed E-state index contributed by atoms with van der Waals surface area (Å²) >= 11 is 0. The van der Waals surface area contributed by atoms with Crippen LogP contribution in [0.1, 0.15) is 31.7 Å². The summed E-state index contributed by atoms with van der Waals surface area (Å²) in [5.41, 5.74) is 11.5. The molecule has 1 aromatic rings. The van der Waals surface area contributed by atoms with E-state index >= 15 is 0 Å². The number of aliphatic carboxylic acids is 1. The minimum atomic E-state index is -1.16. The van der Waals surface area contributed by atoms with Crippen molar-refractivity contribution < 1.29 is 24.3 Å². The van der Waals surface area contributed by atoms with Gasteiger partial charge in [-0.25, -0.2) is 4.79 Å². The van der Waals surface area contributed by atoms with Crippen molar-refractivity contribution in [3.63, 3.8) is 0 Å². The van der Waals surface area contributed by atoms with E-state index in [1.54, 1.807) is 0 Å². The number of benzene rings is 1. The average molecular weight is 421 g/mol. The molecule has 0 aromatic heterocycles. The Morgan fingerprint density at radius 3 is 2.17 bits per heavy atom. The van der Waals surface area contributed by atoms with Gasteiger partial charge in [-0.15, -0.1) is 0 Å². The summed E-state index contributed by atoms with van der Waals surface area (Å²) in [6.45, 7) is 1.60. The fraction of sp³-hybridized carbons (Fsp3) is 0.500. The van der Waals surface area contributed by atoms with Gasteiger partial charge in [0.05, 0.1) is 6.54 Å². The summed E-state index contributed by atoms with van der Waals surface area (Å²) in [6, 6.07) is 6.06. The predicted molar refractivity (Wildman–Crippen MR) is 111 cm³/mol. The van der Waals surface area contributed by atoms with Crippen molar-refractivity contribution in [2.75, 3.05) is 13.1 Å². The lowest BCUT2D eigenvalue weighted by Crippen LogP contribution is -2.55. The number of rotatable bonds is 13. The van der Waals surface area contributed by atoms with Gasteiger partial charge in [0.2, 0.25) is 17.7 Å². The second-order valence-electron chi connectivity index (χ2n) is 6.93. The van der Waals surface area contributed by atoms with E-state index in [0.29, 0.717) is 19.4 Å². The van der Waals surface area contributed by atoms with Crippen LogP contribution in [0.2, 0.25) is 0 Å². The molecule has 0 aliphatic carbocycles. The molecule has 1 rings (SSSR count). The first-order chi connectivity index (χ1) is 14.3. The molecule has 8 N–H and O–H groups in total. The molecule has 0 saturated heterocycles. The molecule has 10 heteroatoms. The molecule has 3 unspecified atom stereocenters. The number of hydrogen-bond acceptors (Lipinski definition) is 6. The van der Waals surface area contributed by atoms with Crippen molar-refractivity contribution in [2.24, 2.45) is 11.5 Å². The van der Waals surface area contributed by atoms with Crippen LogP contribution in [0, 0.1) is 0 Å². The Morgan fingerprint density at radius 1 is 0.933 bits per heavy atom. The number of carbonyl (C=O) groups excluding carboxylic acids is 3. The fourth-order valence-electron chi connectivity index (χ4n) is 2.74. The van der Waals surface area contributed by atoms with E-state index in [1.165, 1.54) is 6.92 Å². The van der Waals surface area contributed by atoms with E-state index in [4.69, 9.17) is 11.5 Å². The standard InChI is InChI=1S/C20H31N5O5/c1-13(18(27)25-15(20(29)30)9-5-6-10-21)23-19(28)16(24-17(26)12-22)11-14-7-3-2-4-8-14/h2-4,7-8,13,15-16H,5-6,9-12,21-22H2,1H3,(H,23,28)(H,24,26)(H,25,27)(H,29,30). The highest BCUT2D eigenvalue weighted by Crippen LogP contribution is 2.05. The lowest BCUT2D eigenvalue weighted by molar-refractivity contribution is -0.142. The van der Waals surface area contributed by atoms with Crippen LogP contribution in [0.25, 0.3) is 0 Å². The van der Waals surface area contributed by atoms with E-state index in [0.717, 1.165) is 5.56 Å². The van der Waals surface area contributed by atoms with Crippen LogP contribution in [0.5, 0.6) is 0 Å². The molecule has 0 spiro atoms. The molecule has 0 fully saturated rings. The molecule has 0 aliphatic rings. The molecular weight excluding hydrogens is 390 g/mol. The molecule has 1 aromatic carbocycles. The Labute approximate surface area is 175 Å². The van der Waals surface area contributed by atoms with Crippen molar-refractivity contribution >= 4 is 23.7 Å². The molecule has 30 heavy (non-hydrogen) atoms. The smallest absolute Gasteiger partial charge is 0.326 e. The molecule has 0 aliphatic heterocycles. The molecule has 0 heterocycles. The lowest BCUT2D eigenvalue weighted by Gasteiger charge is -2.22. The fourth-order valence-corrected chi connectivity index (χ4v) is 2.74. The summed E-state index contributed by atoms with van der Waals surface area (Å²) in [6.07, 6.45) is 1.65. The normalized spacial score (nSPS) is 13.6. The summed E-state index contributed by atoms with van der Waals surface area (Å²) in [5.74, 6) is -2.87. The maximum Gasteiger partial charge on any atom is 0.326 e. The zero-order valence-corrected chi connectivity index (χ0v) is 17.1. The number of carbonyl (C=O) groups is 4. The zero-order valence-electron chi connectivity index (χ0n) is 17.1. The van der Waals surface area contributed by atoms with Crippen LogP contribution in [-0.4, -0.2) is 60.0 Å². The summed E-state index contributed by atoms with van der Waals surface area (Å²) in [7, 11) is 0. The number of carboxylic acid groups (broad SMARTS) is 1. The van der Waals surface area contributed by atoms with E-state index < -0.39 is 41.8 Å². The molecule has 0 saturated carbocycles. The first-order valence-corrected chi connectivity index (χ1v) is 9.85. The Hall–Kier alpha value is -2.98. The summed E-state index contributed by atoms with van der Waals surface area (Å²) < 4.78 is 0. The third-order valence-corrected chi connectivity index (χ3v) is 4.43. The minimum absolute atomic E-state index is 0.212. The molecule has 3 amide bonds. The number of nitrogens with two attached hydrogens (primary N) is 2. The molecule has 0 bridgehead atoms. The molecule has 10 nitrogen and oxygen atoms in total. The highest BCUT2D eigenvalue weighted by Gasteiger charge is 2.27. The number of amides is 3. The molecule has 3 atom stereocenters. The number of nitrogens with one attached hydrogen (secondary N) is 3. The van der Waals surface area contributed by atoms with E-state index in [-0.39, 0.29) is 19.4 Å². The molecule has 0 radical (unpaired) electrons. The van der Waals surface area contributed by atoms with Crippen LogP contribution < -0.4 is 27.4 Å². The maximum absolute atomic E-state index is 12.7. The number of carboxylic acids is 1. The highest BCUT2D eigenvalue weighted by atomic mass is 16.4. The van der Waals surface area contributed by atoms with E-state index in [2.05, 4.69) is 16.0 Å². The Balaban J connectivity index is 2.74. The number of hydrogen-bond donors (Lipinski definition) is 6. The van der Waals surface area contributed by atoms with Gasteiger partial charge in [0.1, 0.15) is 18.1 Å². The van der Waals surface area contributed by atoms with Gasteiger partial charge in [-0.2, -0.15) is 0 Å². The summed E-state index contributed by atoms with van der Waals surface area (Å²) in [5, 5.41) is 16.8. The Bertz CT molecular complexity index is 713. The van der Waals surface area contributed by atoms with Crippen LogP contribution >= 0.6 is 0 Å². The topological polar surface area (TPSA) is 177 Å². The lowest BCUT2D eigenvalue weighted by atomic mass is 10.0. The number of unbranched alkanes of at least 4 members (excludes halogenated alkanes) is 1. The first kappa shape index (κ1) is 25.1. The first-order valence-electron chi connectivity index (χ1n) is 9.85. The second kappa shape index (κ2) is 13.3. The Morgan fingerprint density at radius 2 is 1.60 bits per heavy atom. The monoisotopic (exact) mass is 421 g/mol. The van der Waals surface area contributed by atoms with Crippen molar-refractivity contribution in [2.45, 2.75) is 50.7 Å². The minimum Gasteiger partial charge on any atom is -0.480 e. The van der Waals surface area contributed by atoms with Crippen molar-refractivity contribution in [1.29, 1.82) is 0 Å². The van der Waals surface area contributed by atoms with E-state index in [9.17, 15) is 24.3 Å². The van der Waals surface area contributed by atoms with Crippen molar-refractivity contribution in [3.05, 3.63) is 35.9 Å². The van der Waals surface area contributed by atoms with Gasteiger partial charge in [-0.05, 0) is 38.3 Å². The van der Waals surface area contributed by atoms with Crippen LogP contribution in [0.15, 0.2) is 30.3 Å². The van der Waals surface area contributed by atoms with Crippen LogP contribution in [-0.2, 0) is 25.6 Å². The van der Waals surface area contributed by atoms with E-state index in [1.807, 2.05) is 30.3 Å². The second-order valence-corrected chi connectivity index (χ2v) is 6.93. The molecular formula is C20H31N5O5. The van der Waals surface area contributed by atoms with Gasteiger partial charge in [0.15, 0.2) is 0 Å². The Kier molecular flexibility index (Phi) is 11.1.